The summed E-state index contributed by atoms with van der Waals surface area (Å²) in [5, 5.41) is 24.2. The molecule has 1 aliphatic rings. The summed E-state index contributed by atoms with van der Waals surface area (Å²) in [5.74, 6) is 0.496. The maximum Gasteiger partial charge on any atom is 0.407 e. The van der Waals surface area contributed by atoms with Gasteiger partial charge >= 0.3 is 6.09 Å². The zero-order valence-electron chi connectivity index (χ0n) is 15.5. The fourth-order valence-electron chi connectivity index (χ4n) is 4.00. The summed E-state index contributed by atoms with van der Waals surface area (Å²) in [6.07, 6.45) is 6.12. The van der Waals surface area contributed by atoms with Gasteiger partial charge in [-0.15, -0.1) is 0 Å². The highest BCUT2D eigenvalue weighted by Crippen LogP contribution is 2.33. The lowest BCUT2D eigenvalue weighted by Gasteiger charge is -2.29. The Hall–Kier alpha value is -2.93. The Kier molecular flexibility index (Phi) is 5.25. The first-order valence-corrected chi connectivity index (χ1v) is 9.56. The molecule has 0 atom stereocenters. The third-order valence-corrected chi connectivity index (χ3v) is 5.64. The molecule has 2 aromatic heterocycles. The van der Waals surface area contributed by atoms with E-state index in [4.69, 9.17) is 9.63 Å². The van der Waals surface area contributed by atoms with Crippen LogP contribution in [0, 0.1) is 5.92 Å². The van der Waals surface area contributed by atoms with E-state index in [9.17, 15) is 9.90 Å². The van der Waals surface area contributed by atoms with Crippen molar-refractivity contribution < 1.29 is 19.5 Å². The van der Waals surface area contributed by atoms with Crippen molar-refractivity contribution in [3.8, 4) is 11.1 Å². The second-order valence-electron chi connectivity index (χ2n) is 7.24. The first-order valence-electron chi connectivity index (χ1n) is 9.56. The van der Waals surface area contributed by atoms with Crippen molar-refractivity contribution in [2.45, 2.75) is 32.3 Å². The van der Waals surface area contributed by atoms with E-state index in [0.717, 1.165) is 53.5 Å². The number of amides is 1. The van der Waals surface area contributed by atoms with Gasteiger partial charge < -0.3 is 19.6 Å². The van der Waals surface area contributed by atoms with Crippen molar-refractivity contribution in [1.82, 2.24) is 15.0 Å². The summed E-state index contributed by atoms with van der Waals surface area (Å²) in [7, 11) is 0. The summed E-state index contributed by atoms with van der Waals surface area (Å²) in [5.41, 5.74) is 4.15. The molecule has 3 aromatic rings. The number of benzene rings is 1. The van der Waals surface area contributed by atoms with Crippen molar-refractivity contribution in [2.75, 3.05) is 13.1 Å². The SMILES string of the molecule is O=C(O)N1CCC(CCc2noc3c(CO)c(-c4ccncc4)ccc23)CC1. The third kappa shape index (κ3) is 3.57. The number of piperidine rings is 1. The molecule has 0 aliphatic carbocycles. The van der Waals surface area contributed by atoms with Crippen LogP contribution in [0.4, 0.5) is 4.79 Å². The van der Waals surface area contributed by atoms with Gasteiger partial charge in [0.15, 0.2) is 5.58 Å². The molecule has 146 valence electrons. The van der Waals surface area contributed by atoms with Crippen LogP contribution in [0.25, 0.3) is 22.1 Å². The monoisotopic (exact) mass is 381 g/mol. The first-order chi connectivity index (χ1) is 13.7. The highest BCUT2D eigenvalue weighted by atomic mass is 16.5. The van der Waals surface area contributed by atoms with Crippen LogP contribution in [0.3, 0.4) is 0 Å². The van der Waals surface area contributed by atoms with Gasteiger partial charge in [0.25, 0.3) is 0 Å². The summed E-state index contributed by atoms with van der Waals surface area (Å²) in [6, 6.07) is 7.81. The molecular formula is C21H23N3O4. The zero-order chi connectivity index (χ0) is 19.5. The van der Waals surface area contributed by atoms with Gasteiger partial charge in [-0.2, -0.15) is 0 Å². The number of carboxylic acid groups (broad SMARTS) is 1. The molecule has 1 fully saturated rings. The lowest BCUT2D eigenvalue weighted by atomic mass is 9.91. The maximum absolute atomic E-state index is 11.0. The predicted molar refractivity (Wildman–Crippen MR) is 104 cm³/mol. The lowest BCUT2D eigenvalue weighted by Crippen LogP contribution is -2.37. The Labute approximate surface area is 162 Å². The normalized spacial score (nSPS) is 15.2. The molecule has 7 nitrogen and oxygen atoms in total. The van der Waals surface area contributed by atoms with Gasteiger partial charge in [0.2, 0.25) is 0 Å². The number of aliphatic hydroxyl groups excluding tert-OH is 1. The van der Waals surface area contributed by atoms with Crippen LogP contribution in [-0.2, 0) is 13.0 Å². The molecule has 1 amide bonds. The Morgan fingerprint density at radius 2 is 1.93 bits per heavy atom. The second kappa shape index (κ2) is 7.98. The molecule has 4 rings (SSSR count). The van der Waals surface area contributed by atoms with Crippen LogP contribution >= 0.6 is 0 Å². The number of rotatable bonds is 5. The smallest absolute Gasteiger partial charge is 0.407 e. The van der Waals surface area contributed by atoms with Crippen LogP contribution in [-0.4, -0.2) is 44.4 Å². The molecule has 0 bridgehead atoms. The van der Waals surface area contributed by atoms with E-state index in [1.807, 2.05) is 24.3 Å². The summed E-state index contributed by atoms with van der Waals surface area (Å²) >= 11 is 0. The minimum Gasteiger partial charge on any atom is -0.465 e. The van der Waals surface area contributed by atoms with E-state index in [-0.39, 0.29) is 6.61 Å². The van der Waals surface area contributed by atoms with Crippen LogP contribution < -0.4 is 0 Å². The van der Waals surface area contributed by atoms with E-state index in [0.29, 0.717) is 24.6 Å². The van der Waals surface area contributed by atoms with E-state index in [2.05, 4.69) is 10.1 Å². The lowest BCUT2D eigenvalue weighted by molar-refractivity contribution is 0.123. The van der Waals surface area contributed by atoms with Crippen molar-refractivity contribution in [2.24, 2.45) is 5.92 Å². The van der Waals surface area contributed by atoms with E-state index >= 15 is 0 Å². The number of hydrogen-bond donors (Lipinski definition) is 2. The number of carbonyl (C=O) groups is 1. The standard InChI is InChI=1S/C21H23N3O4/c25-13-18-16(15-5-9-22-10-6-15)2-3-17-19(23-28-20(17)18)4-1-14-7-11-24(12-8-14)21(26)27/h2-3,5-6,9-10,14,25H,1,4,7-8,11-13H2,(H,26,27). The molecule has 3 heterocycles. The maximum atomic E-state index is 11.0. The molecule has 1 aliphatic heterocycles. The van der Waals surface area contributed by atoms with Gasteiger partial charge in [-0.05, 0) is 60.9 Å². The minimum absolute atomic E-state index is 0.128. The highest BCUT2D eigenvalue weighted by Gasteiger charge is 2.23. The van der Waals surface area contributed by atoms with Gasteiger partial charge in [0.05, 0.1) is 12.3 Å². The zero-order valence-corrected chi connectivity index (χ0v) is 15.5. The van der Waals surface area contributed by atoms with Crippen molar-refractivity contribution >= 4 is 17.1 Å². The number of hydrogen-bond acceptors (Lipinski definition) is 5. The Balaban J connectivity index is 1.51. The molecule has 0 saturated carbocycles. The van der Waals surface area contributed by atoms with Crippen molar-refractivity contribution in [3.63, 3.8) is 0 Å². The van der Waals surface area contributed by atoms with E-state index < -0.39 is 6.09 Å². The van der Waals surface area contributed by atoms with Gasteiger partial charge in [-0.25, -0.2) is 4.79 Å². The van der Waals surface area contributed by atoms with Crippen LogP contribution in [0.5, 0.6) is 0 Å². The quantitative estimate of drug-likeness (QED) is 0.699. The Bertz CT molecular complexity index is 962. The second-order valence-corrected chi connectivity index (χ2v) is 7.24. The molecule has 28 heavy (non-hydrogen) atoms. The van der Waals surface area contributed by atoms with Gasteiger partial charge in [0, 0.05) is 36.4 Å². The number of aromatic nitrogens is 2. The van der Waals surface area contributed by atoms with E-state index in [1.165, 1.54) is 4.90 Å². The summed E-state index contributed by atoms with van der Waals surface area (Å²) in [4.78, 5) is 16.5. The van der Waals surface area contributed by atoms with E-state index in [1.54, 1.807) is 12.4 Å². The number of pyridine rings is 1. The number of aliphatic hydroxyl groups is 1. The molecule has 0 unspecified atom stereocenters. The van der Waals surface area contributed by atoms with Crippen LogP contribution in [0.2, 0.25) is 0 Å². The largest absolute Gasteiger partial charge is 0.465 e. The minimum atomic E-state index is -0.831. The fourth-order valence-corrected chi connectivity index (χ4v) is 4.00. The molecule has 1 saturated heterocycles. The first kappa shape index (κ1) is 18.4. The Morgan fingerprint density at radius 1 is 1.18 bits per heavy atom. The molecule has 2 N–H and O–H groups in total. The average molecular weight is 381 g/mol. The van der Waals surface area contributed by atoms with Crippen LogP contribution in [0.1, 0.15) is 30.5 Å². The van der Waals surface area contributed by atoms with Crippen molar-refractivity contribution in [1.29, 1.82) is 0 Å². The highest BCUT2D eigenvalue weighted by molar-refractivity contribution is 5.89. The van der Waals surface area contributed by atoms with Crippen LogP contribution in [0.15, 0.2) is 41.2 Å². The summed E-state index contributed by atoms with van der Waals surface area (Å²) < 4.78 is 5.61. The predicted octanol–water partition coefficient (Wildman–Crippen LogP) is 3.70. The number of aryl methyl sites for hydroxylation is 1. The number of likely N-dealkylation sites (tertiary alicyclic amines) is 1. The van der Waals surface area contributed by atoms with Crippen molar-refractivity contribution in [3.05, 3.63) is 47.9 Å². The molecular weight excluding hydrogens is 358 g/mol. The third-order valence-electron chi connectivity index (χ3n) is 5.64. The number of fused-ring (bicyclic) bond motifs is 1. The number of nitrogens with zero attached hydrogens (tertiary/aromatic N) is 3. The molecule has 7 heteroatoms. The Morgan fingerprint density at radius 3 is 2.61 bits per heavy atom. The summed E-state index contributed by atoms with van der Waals surface area (Å²) in [6.45, 7) is 1.07. The fraction of sp³-hybridized carbons (Fsp3) is 0.381. The topological polar surface area (TPSA) is 99.7 Å². The van der Waals surface area contributed by atoms with Gasteiger partial charge in [0.1, 0.15) is 0 Å². The van der Waals surface area contributed by atoms with Gasteiger partial charge in [-0.1, -0.05) is 11.2 Å². The average Bonchev–Trinajstić information content (AvgIpc) is 3.15. The molecule has 0 radical (unpaired) electrons. The van der Waals surface area contributed by atoms with Gasteiger partial charge in [-0.3, -0.25) is 4.98 Å². The molecule has 0 spiro atoms. The molecule has 1 aromatic carbocycles.